The zero-order chi connectivity index (χ0) is 19.1. The van der Waals surface area contributed by atoms with Gasteiger partial charge in [-0.2, -0.15) is 0 Å². The molecule has 2 aromatic heterocycles. The number of hydrogen-bond acceptors (Lipinski definition) is 6. The molecule has 2 heterocycles. The predicted octanol–water partition coefficient (Wildman–Crippen LogP) is 1.56. The first-order chi connectivity index (χ1) is 12.9. The molecule has 27 heavy (non-hydrogen) atoms. The molecule has 0 aliphatic heterocycles. The Hall–Kier alpha value is -2.16. The van der Waals surface area contributed by atoms with Gasteiger partial charge in [-0.25, -0.2) is 14.8 Å². The van der Waals surface area contributed by atoms with Crippen molar-refractivity contribution in [2.75, 3.05) is 12.3 Å². The van der Waals surface area contributed by atoms with Gasteiger partial charge in [0, 0.05) is 18.5 Å². The lowest BCUT2D eigenvalue weighted by atomic mass is 10.2. The normalized spacial score (nSPS) is 16.9. The predicted molar refractivity (Wildman–Crippen MR) is 103 cm³/mol. The Morgan fingerprint density at radius 3 is 2.63 bits per heavy atom. The summed E-state index contributed by atoms with van der Waals surface area (Å²) in [6.07, 6.45) is 3.84. The van der Waals surface area contributed by atoms with E-state index in [1.165, 1.54) is 11.8 Å². The Bertz CT molecular complexity index is 1000. The second-order valence-electron chi connectivity index (χ2n) is 7.71. The lowest BCUT2D eigenvalue weighted by Gasteiger charge is -2.12. The van der Waals surface area contributed by atoms with Gasteiger partial charge in [-0.05, 0) is 31.6 Å². The number of aromatic nitrogens is 4. The number of aromatic amines is 1. The van der Waals surface area contributed by atoms with E-state index in [0.29, 0.717) is 34.3 Å². The van der Waals surface area contributed by atoms with E-state index < -0.39 is 11.2 Å². The van der Waals surface area contributed by atoms with Gasteiger partial charge in [0.2, 0.25) is 5.91 Å². The molecule has 2 N–H and O–H groups in total. The van der Waals surface area contributed by atoms with Crippen molar-refractivity contribution in [3.63, 3.8) is 0 Å². The lowest BCUT2D eigenvalue weighted by molar-refractivity contribution is -0.118. The van der Waals surface area contributed by atoms with Crippen LogP contribution < -0.4 is 16.6 Å². The van der Waals surface area contributed by atoms with Gasteiger partial charge >= 0.3 is 5.69 Å². The molecule has 0 aromatic carbocycles. The third kappa shape index (κ3) is 3.92. The van der Waals surface area contributed by atoms with E-state index in [-0.39, 0.29) is 23.6 Å². The van der Waals surface area contributed by atoms with Crippen molar-refractivity contribution in [1.29, 1.82) is 0 Å². The Morgan fingerprint density at radius 2 is 2.00 bits per heavy atom. The minimum Gasteiger partial charge on any atom is -0.355 e. The van der Waals surface area contributed by atoms with Gasteiger partial charge in [-0.3, -0.25) is 19.1 Å². The Balaban J connectivity index is 1.72. The topological polar surface area (TPSA) is 110 Å². The maximum atomic E-state index is 12.5. The second-order valence-corrected chi connectivity index (χ2v) is 8.67. The van der Waals surface area contributed by atoms with Gasteiger partial charge in [0.05, 0.1) is 5.75 Å². The monoisotopic (exact) mass is 389 g/mol. The van der Waals surface area contributed by atoms with Crippen LogP contribution in [0.5, 0.6) is 0 Å². The highest BCUT2D eigenvalue weighted by Crippen LogP contribution is 2.40. The molecule has 0 saturated heterocycles. The van der Waals surface area contributed by atoms with Crippen LogP contribution in [-0.2, 0) is 4.79 Å². The van der Waals surface area contributed by atoms with E-state index >= 15 is 0 Å². The summed E-state index contributed by atoms with van der Waals surface area (Å²) >= 11 is 1.23. The number of carbonyl (C=O) groups excluding carboxylic acids is 1. The van der Waals surface area contributed by atoms with Crippen molar-refractivity contribution in [3.8, 4) is 0 Å². The molecule has 2 saturated carbocycles. The number of carbonyl (C=O) groups is 1. The quantitative estimate of drug-likeness (QED) is 0.549. The van der Waals surface area contributed by atoms with Crippen LogP contribution in [0, 0.1) is 5.92 Å². The number of amides is 1. The van der Waals surface area contributed by atoms with Crippen LogP contribution in [0.1, 0.15) is 57.3 Å². The van der Waals surface area contributed by atoms with Crippen LogP contribution in [0.3, 0.4) is 0 Å². The number of H-pyrrole nitrogens is 1. The maximum absolute atomic E-state index is 12.5. The number of nitrogens with zero attached hydrogens (tertiary/aromatic N) is 3. The highest BCUT2D eigenvalue weighted by atomic mass is 32.2. The van der Waals surface area contributed by atoms with Gasteiger partial charge in [0.25, 0.3) is 5.56 Å². The SMILES string of the molecule is CC(C)CNC(=O)CSc1nc(C2CC2)nc2c1c(=O)[nH]c(=O)n2C1CC1. The number of nitrogens with one attached hydrogen (secondary N) is 2. The molecule has 0 spiro atoms. The van der Waals surface area contributed by atoms with E-state index in [9.17, 15) is 14.4 Å². The molecule has 0 unspecified atom stereocenters. The van der Waals surface area contributed by atoms with Crippen molar-refractivity contribution in [2.45, 2.75) is 56.5 Å². The molecule has 4 rings (SSSR count). The summed E-state index contributed by atoms with van der Waals surface area (Å²) in [4.78, 5) is 48.5. The smallest absolute Gasteiger partial charge is 0.330 e. The van der Waals surface area contributed by atoms with Crippen molar-refractivity contribution >= 4 is 28.7 Å². The maximum Gasteiger partial charge on any atom is 0.330 e. The first-order valence-electron chi connectivity index (χ1n) is 9.40. The molecular formula is C18H23N5O3S. The molecule has 2 aliphatic rings. The average molecular weight is 389 g/mol. The van der Waals surface area contributed by atoms with Crippen LogP contribution in [0.2, 0.25) is 0 Å². The molecule has 0 radical (unpaired) electrons. The molecule has 2 fully saturated rings. The zero-order valence-electron chi connectivity index (χ0n) is 15.4. The zero-order valence-corrected chi connectivity index (χ0v) is 16.3. The molecule has 2 aliphatic carbocycles. The number of thioether (sulfide) groups is 1. The highest BCUT2D eigenvalue weighted by molar-refractivity contribution is 8.00. The molecule has 8 nitrogen and oxygen atoms in total. The standard InChI is InChI=1S/C18H23N5O3S/c1-9(2)7-19-12(24)8-27-17-13-15(20-14(21-17)10-3-4-10)23(11-5-6-11)18(26)22-16(13)25/h9-11H,3-8H2,1-2H3,(H,19,24)(H,22,25,26). The highest BCUT2D eigenvalue weighted by Gasteiger charge is 2.32. The minimum absolute atomic E-state index is 0.0889. The average Bonchev–Trinajstić information content (AvgIpc) is 3.50. The lowest BCUT2D eigenvalue weighted by Crippen LogP contribution is -2.31. The number of fused-ring (bicyclic) bond motifs is 1. The van der Waals surface area contributed by atoms with E-state index in [1.807, 2.05) is 13.8 Å². The third-order valence-electron chi connectivity index (χ3n) is 4.67. The Labute approximate surface area is 160 Å². The molecule has 144 valence electrons. The van der Waals surface area contributed by atoms with Crippen molar-refractivity contribution in [3.05, 3.63) is 26.7 Å². The van der Waals surface area contributed by atoms with E-state index in [2.05, 4.69) is 20.3 Å². The summed E-state index contributed by atoms with van der Waals surface area (Å²) in [5.74, 6) is 1.40. The van der Waals surface area contributed by atoms with Gasteiger partial charge < -0.3 is 5.32 Å². The summed E-state index contributed by atoms with van der Waals surface area (Å²) in [6.45, 7) is 4.67. The first kappa shape index (κ1) is 18.2. The van der Waals surface area contributed by atoms with E-state index in [0.717, 1.165) is 25.7 Å². The largest absolute Gasteiger partial charge is 0.355 e. The van der Waals surface area contributed by atoms with Gasteiger partial charge in [0.15, 0.2) is 5.65 Å². The van der Waals surface area contributed by atoms with Crippen LogP contribution in [0.15, 0.2) is 14.6 Å². The van der Waals surface area contributed by atoms with Gasteiger partial charge in [0.1, 0.15) is 16.2 Å². The summed E-state index contributed by atoms with van der Waals surface area (Å²) in [6, 6.07) is 0.0889. The Kier molecular flexibility index (Phi) is 4.79. The molecule has 0 bridgehead atoms. The van der Waals surface area contributed by atoms with Crippen molar-refractivity contribution in [1.82, 2.24) is 24.8 Å². The number of rotatable bonds is 7. The van der Waals surface area contributed by atoms with Crippen molar-refractivity contribution in [2.24, 2.45) is 5.92 Å². The molecular weight excluding hydrogens is 366 g/mol. The third-order valence-corrected chi connectivity index (χ3v) is 5.65. The fraction of sp³-hybridized carbons (Fsp3) is 0.611. The summed E-state index contributed by atoms with van der Waals surface area (Å²) < 4.78 is 1.59. The van der Waals surface area contributed by atoms with Crippen LogP contribution in [0.25, 0.3) is 11.0 Å². The molecule has 9 heteroatoms. The van der Waals surface area contributed by atoms with Crippen molar-refractivity contribution < 1.29 is 4.79 Å². The fourth-order valence-corrected chi connectivity index (χ4v) is 3.79. The second kappa shape index (κ2) is 7.10. The van der Waals surface area contributed by atoms with Gasteiger partial charge in [-0.15, -0.1) is 0 Å². The number of hydrogen-bond donors (Lipinski definition) is 2. The summed E-state index contributed by atoms with van der Waals surface area (Å²) in [7, 11) is 0. The van der Waals surface area contributed by atoms with E-state index in [4.69, 9.17) is 0 Å². The molecule has 1 amide bonds. The molecule has 0 atom stereocenters. The molecule has 2 aromatic rings. The first-order valence-corrected chi connectivity index (χ1v) is 10.4. The summed E-state index contributed by atoms with van der Waals surface area (Å²) in [5.41, 5.74) is -0.492. The van der Waals surface area contributed by atoms with Crippen LogP contribution >= 0.6 is 11.8 Å². The Morgan fingerprint density at radius 1 is 1.26 bits per heavy atom. The minimum atomic E-state index is -0.487. The van der Waals surface area contributed by atoms with Gasteiger partial charge in [-0.1, -0.05) is 25.6 Å². The summed E-state index contributed by atoms with van der Waals surface area (Å²) in [5, 5.41) is 3.67. The van der Waals surface area contributed by atoms with Crippen LogP contribution in [-0.4, -0.2) is 37.7 Å². The van der Waals surface area contributed by atoms with E-state index in [1.54, 1.807) is 4.57 Å². The van der Waals surface area contributed by atoms with Crippen LogP contribution in [0.4, 0.5) is 0 Å². The fourth-order valence-electron chi connectivity index (χ4n) is 2.94.